The van der Waals surface area contributed by atoms with Gasteiger partial charge in [0, 0.05) is 22.1 Å². The molecule has 2 heteroatoms. The second-order valence-corrected chi connectivity index (χ2v) is 17.2. The summed E-state index contributed by atoms with van der Waals surface area (Å²) in [6.45, 7) is 4.75. The number of rotatable bonds is 6. The smallest absolute Gasteiger partial charge is 0.161 e. The van der Waals surface area contributed by atoms with Crippen molar-refractivity contribution in [1.82, 2.24) is 9.97 Å². The molecule has 11 aromatic rings. The summed E-state index contributed by atoms with van der Waals surface area (Å²) in [4.78, 5) is 10.7. The lowest BCUT2D eigenvalue weighted by Crippen LogP contribution is -2.15. The molecular weight excluding hydrogens is 761 g/mol. The van der Waals surface area contributed by atoms with Gasteiger partial charge in [0.25, 0.3) is 0 Å². The van der Waals surface area contributed by atoms with Gasteiger partial charge in [0.05, 0.1) is 11.4 Å². The Balaban J connectivity index is 0.998. The topological polar surface area (TPSA) is 25.8 Å². The van der Waals surface area contributed by atoms with Crippen molar-refractivity contribution in [3.63, 3.8) is 0 Å². The van der Waals surface area contributed by atoms with Crippen LogP contribution in [0.2, 0.25) is 0 Å². The Morgan fingerprint density at radius 3 is 1.51 bits per heavy atom. The van der Waals surface area contributed by atoms with Crippen LogP contribution in [0.5, 0.6) is 0 Å². The molecule has 63 heavy (non-hydrogen) atoms. The third-order valence-corrected chi connectivity index (χ3v) is 13.3. The molecule has 12 rings (SSSR count). The highest BCUT2D eigenvalue weighted by Crippen LogP contribution is 2.52. The third-order valence-electron chi connectivity index (χ3n) is 13.3. The number of fused-ring (bicyclic) bond motifs is 7. The number of hydrogen-bond acceptors (Lipinski definition) is 2. The van der Waals surface area contributed by atoms with E-state index in [1.807, 2.05) is 6.07 Å². The third kappa shape index (κ3) is 6.02. The predicted molar refractivity (Wildman–Crippen MR) is 265 cm³/mol. The molecule has 1 aliphatic rings. The zero-order chi connectivity index (χ0) is 42.1. The molecule has 1 aliphatic carbocycles. The number of nitrogens with zero attached hydrogens (tertiary/aromatic N) is 2. The molecule has 0 saturated heterocycles. The van der Waals surface area contributed by atoms with Gasteiger partial charge in [-0.25, -0.2) is 9.97 Å². The van der Waals surface area contributed by atoms with Crippen LogP contribution in [0.25, 0.3) is 111 Å². The molecule has 0 bridgehead atoms. The maximum atomic E-state index is 5.39. The summed E-state index contributed by atoms with van der Waals surface area (Å²) in [5.74, 6) is 0.701. The molecule has 0 fully saturated rings. The summed E-state index contributed by atoms with van der Waals surface area (Å²) < 4.78 is 0. The van der Waals surface area contributed by atoms with Crippen LogP contribution in [0.4, 0.5) is 0 Å². The summed E-state index contributed by atoms with van der Waals surface area (Å²) >= 11 is 0. The Kier molecular flexibility index (Phi) is 8.55. The van der Waals surface area contributed by atoms with E-state index in [9.17, 15) is 0 Å². The van der Waals surface area contributed by atoms with Gasteiger partial charge < -0.3 is 0 Å². The van der Waals surface area contributed by atoms with Gasteiger partial charge in [-0.3, -0.25) is 0 Å². The van der Waals surface area contributed by atoms with Crippen molar-refractivity contribution in [1.29, 1.82) is 0 Å². The molecule has 0 amide bonds. The zero-order valence-corrected chi connectivity index (χ0v) is 35.2. The molecule has 2 nitrogen and oxygen atoms in total. The average Bonchev–Trinajstić information content (AvgIpc) is 3.59. The van der Waals surface area contributed by atoms with Crippen molar-refractivity contribution in [3.8, 4) is 78.4 Å². The molecule has 296 valence electrons. The van der Waals surface area contributed by atoms with Crippen LogP contribution in [0.3, 0.4) is 0 Å². The van der Waals surface area contributed by atoms with E-state index in [2.05, 4.69) is 226 Å². The van der Waals surface area contributed by atoms with Crippen molar-refractivity contribution in [2.45, 2.75) is 19.3 Å². The fraction of sp³-hybridized carbons (Fsp3) is 0.0492. The van der Waals surface area contributed by atoms with Gasteiger partial charge in [-0.05, 0) is 106 Å². The van der Waals surface area contributed by atoms with Gasteiger partial charge >= 0.3 is 0 Å². The summed E-state index contributed by atoms with van der Waals surface area (Å²) in [7, 11) is 0. The van der Waals surface area contributed by atoms with Crippen LogP contribution in [0, 0.1) is 0 Å². The number of hydrogen-bond donors (Lipinski definition) is 0. The molecule has 0 radical (unpaired) electrons. The largest absolute Gasteiger partial charge is 0.228 e. The highest BCUT2D eigenvalue weighted by molar-refractivity contribution is 6.12. The lowest BCUT2D eigenvalue weighted by atomic mass is 9.81. The first-order valence-corrected chi connectivity index (χ1v) is 21.8. The van der Waals surface area contributed by atoms with E-state index in [0.717, 1.165) is 50.0 Å². The first kappa shape index (κ1) is 36.9. The highest BCUT2D eigenvalue weighted by Gasteiger charge is 2.36. The van der Waals surface area contributed by atoms with E-state index in [0.29, 0.717) is 5.82 Å². The van der Waals surface area contributed by atoms with Crippen molar-refractivity contribution < 1.29 is 0 Å². The van der Waals surface area contributed by atoms with Crippen LogP contribution in [-0.2, 0) is 5.41 Å². The van der Waals surface area contributed by atoms with E-state index in [1.165, 1.54) is 66.1 Å². The van der Waals surface area contributed by atoms with E-state index in [-0.39, 0.29) is 5.41 Å². The Labute approximate surface area is 367 Å². The van der Waals surface area contributed by atoms with Crippen molar-refractivity contribution in [2.24, 2.45) is 0 Å². The van der Waals surface area contributed by atoms with Crippen LogP contribution >= 0.6 is 0 Å². The van der Waals surface area contributed by atoms with E-state index in [1.54, 1.807) is 0 Å². The van der Waals surface area contributed by atoms with Crippen molar-refractivity contribution >= 4 is 32.3 Å². The minimum atomic E-state index is -0.114. The maximum Gasteiger partial charge on any atom is 0.161 e. The minimum Gasteiger partial charge on any atom is -0.228 e. The lowest BCUT2D eigenvalue weighted by molar-refractivity contribution is 0.661. The second-order valence-electron chi connectivity index (χ2n) is 17.2. The van der Waals surface area contributed by atoms with Crippen LogP contribution in [-0.4, -0.2) is 9.97 Å². The molecule has 10 aromatic carbocycles. The maximum absolute atomic E-state index is 5.39. The SMILES string of the molecule is CC1(C)c2cc(-c3ccc(-c4ccc(-c5nc(-c6ccccc6)cc(-c6ccccc6-c6ccccc6)n5)c5ccccc45)c4ccccc34)ccc2-c2c1ccc1ccccc21. The highest BCUT2D eigenvalue weighted by atomic mass is 14.9. The van der Waals surface area contributed by atoms with E-state index < -0.39 is 0 Å². The van der Waals surface area contributed by atoms with Crippen LogP contribution in [0.1, 0.15) is 25.0 Å². The molecule has 0 unspecified atom stereocenters. The fourth-order valence-corrected chi connectivity index (χ4v) is 10.2. The van der Waals surface area contributed by atoms with E-state index >= 15 is 0 Å². The number of benzene rings is 10. The van der Waals surface area contributed by atoms with Gasteiger partial charge in [0.1, 0.15) is 0 Å². The van der Waals surface area contributed by atoms with Crippen molar-refractivity contribution in [2.75, 3.05) is 0 Å². The Morgan fingerprint density at radius 2 is 0.810 bits per heavy atom. The van der Waals surface area contributed by atoms with Crippen molar-refractivity contribution in [3.05, 3.63) is 230 Å². The first-order valence-electron chi connectivity index (χ1n) is 21.8. The number of aromatic nitrogens is 2. The Morgan fingerprint density at radius 1 is 0.302 bits per heavy atom. The van der Waals surface area contributed by atoms with Crippen LogP contribution in [0.15, 0.2) is 218 Å². The van der Waals surface area contributed by atoms with Gasteiger partial charge in [0.2, 0.25) is 0 Å². The normalized spacial score (nSPS) is 12.7. The van der Waals surface area contributed by atoms with Gasteiger partial charge in [-0.2, -0.15) is 0 Å². The molecular formula is C61H42N2. The zero-order valence-electron chi connectivity index (χ0n) is 35.2. The second kappa shape index (κ2) is 14.6. The monoisotopic (exact) mass is 802 g/mol. The standard InChI is InChI=1S/C61H42N2/c1-61(2)55-36-30-40-19-9-10-23-45(40)59(55)54-31-29-42(37-56(54)61)44-32-33-50(47-25-13-12-24-46(44)47)51-34-35-53(49-27-15-14-26-48(49)51)60-62-57(41-20-7-4-8-21-41)38-58(63-60)52-28-16-11-22-43(52)39-17-5-3-6-18-39/h3-38H,1-2H3. The van der Waals surface area contributed by atoms with E-state index in [4.69, 9.17) is 9.97 Å². The quantitative estimate of drug-likeness (QED) is 0.167. The minimum absolute atomic E-state index is 0.114. The summed E-state index contributed by atoms with van der Waals surface area (Å²) in [5.41, 5.74) is 17.4. The predicted octanol–water partition coefficient (Wildman–Crippen LogP) is 16.2. The fourth-order valence-electron chi connectivity index (χ4n) is 10.2. The van der Waals surface area contributed by atoms with Gasteiger partial charge in [0.15, 0.2) is 5.82 Å². The van der Waals surface area contributed by atoms with Crippen LogP contribution < -0.4 is 0 Å². The Bertz CT molecular complexity index is 3580. The summed E-state index contributed by atoms with van der Waals surface area (Å²) in [6, 6.07) is 79.0. The summed E-state index contributed by atoms with van der Waals surface area (Å²) in [5, 5.41) is 7.35. The molecule has 1 heterocycles. The van der Waals surface area contributed by atoms with Gasteiger partial charge in [-0.15, -0.1) is 0 Å². The Hall–Kier alpha value is -7.94. The summed E-state index contributed by atoms with van der Waals surface area (Å²) in [6.07, 6.45) is 0. The molecule has 1 aromatic heterocycles. The molecule has 0 atom stereocenters. The molecule has 0 aliphatic heterocycles. The van der Waals surface area contributed by atoms with Gasteiger partial charge in [-0.1, -0.05) is 214 Å². The first-order chi connectivity index (χ1) is 31.0. The molecule has 0 spiro atoms. The molecule has 0 saturated carbocycles. The lowest BCUT2D eigenvalue weighted by Gasteiger charge is -2.22. The average molecular weight is 803 g/mol. The molecule has 0 N–H and O–H groups in total.